The fourth-order valence-corrected chi connectivity index (χ4v) is 2.06. The molecule has 6 nitrogen and oxygen atoms in total. The Labute approximate surface area is 122 Å². The number of nitrogens with two attached hydrogens (primary N) is 1. The lowest BCUT2D eigenvalue weighted by atomic mass is 10.3. The number of imidazole rings is 1. The van der Waals surface area contributed by atoms with E-state index in [4.69, 9.17) is 10.5 Å². The molecule has 3 N–H and O–H groups in total. The summed E-state index contributed by atoms with van der Waals surface area (Å²) in [5, 5.41) is 3.25. The Kier molecular flexibility index (Phi) is 3.86. The molecular weight excluding hydrogens is 266 g/mol. The zero-order valence-electron chi connectivity index (χ0n) is 11.6. The lowest BCUT2D eigenvalue weighted by molar-refractivity contribution is 0.315. The van der Waals surface area contributed by atoms with Crippen LogP contribution in [0.5, 0.6) is 5.75 Å². The quantitative estimate of drug-likeness (QED) is 0.678. The van der Waals surface area contributed by atoms with Crippen molar-refractivity contribution in [2.45, 2.75) is 6.42 Å². The first-order valence-electron chi connectivity index (χ1n) is 6.84. The van der Waals surface area contributed by atoms with E-state index in [9.17, 15) is 0 Å². The maximum absolute atomic E-state index is 5.77. The second-order valence-electron chi connectivity index (χ2n) is 4.61. The minimum absolute atomic E-state index is 0.462. The average Bonchev–Trinajstić information content (AvgIpc) is 2.96. The summed E-state index contributed by atoms with van der Waals surface area (Å²) in [5.74, 6) is 2.04. The molecule has 1 aromatic carbocycles. The third-order valence-corrected chi connectivity index (χ3v) is 3.02. The number of hydrogen-bond donors (Lipinski definition) is 2. The smallest absolute Gasteiger partial charge is 0.180 e. The van der Waals surface area contributed by atoms with Gasteiger partial charge in [-0.15, -0.1) is 0 Å². The van der Waals surface area contributed by atoms with E-state index >= 15 is 0 Å². The number of nitrogens with one attached hydrogen (secondary N) is 1. The van der Waals surface area contributed by atoms with Gasteiger partial charge in [-0.05, 0) is 18.6 Å². The zero-order valence-corrected chi connectivity index (χ0v) is 11.6. The molecule has 0 bridgehead atoms. The first-order chi connectivity index (χ1) is 10.3. The van der Waals surface area contributed by atoms with Gasteiger partial charge < -0.3 is 20.2 Å². The third-order valence-electron chi connectivity index (χ3n) is 3.02. The summed E-state index contributed by atoms with van der Waals surface area (Å²) < 4.78 is 7.49. The Morgan fingerprint density at radius 3 is 2.95 bits per heavy atom. The van der Waals surface area contributed by atoms with Gasteiger partial charge in [-0.2, -0.15) is 0 Å². The Balaban J connectivity index is 1.52. The second kappa shape index (κ2) is 6.13. The summed E-state index contributed by atoms with van der Waals surface area (Å²) in [4.78, 5) is 8.53. The summed E-state index contributed by atoms with van der Waals surface area (Å²) in [6.45, 7) is 1.38. The van der Waals surface area contributed by atoms with Crippen LogP contribution in [0.25, 0.3) is 5.65 Å². The summed E-state index contributed by atoms with van der Waals surface area (Å²) >= 11 is 0. The number of para-hydroxylation sites is 1. The molecule has 6 heteroatoms. The van der Waals surface area contributed by atoms with Gasteiger partial charge in [-0.1, -0.05) is 18.2 Å². The zero-order chi connectivity index (χ0) is 14.5. The van der Waals surface area contributed by atoms with Crippen LogP contribution in [0.15, 0.2) is 48.9 Å². The van der Waals surface area contributed by atoms with Gasteiger partial charge in [0.05, 0.1) is 12.8 Å². The SMILES string of the molecule is Nc1cn2ccnc2c(NCCCOc2ccccc2)n1. The van der Waals surface area contributed by atoms with Crippen molar-refractivity contribution in [1.82, 2.24) is 14.4 Å². The molecule has 3 rings (SSSR count). The summed E-state index contributed by atoms with van der Waals surface area (Å²) in [5.41, 5.74) is 6.54. The molecule has 0 unspecified atom stereocenters. The number of nitrogens with zero attached hydrogens (tertiary/aromatic N) is 3. The van der Waals surface area contributed by atoms with Crippen LogP contribution >= 0.6 is 0 Å². The molecule has 0 aliphatic rings. The van der Waals surface area contributed by atoms with Crippen LogP contribution in [0.1, 0.15) is 6.42 Å². The van der Waals surface area contributed by atoms with Crippen LogP contribution in [-0.4, -0.2) is 27.5 Å². The highest BCUT2D eigenvalue weighted by Crippen LogP contribution is 2.14. The highest BCUT2D eigenvalue weighted by molar-refractivity contribution is 5.64. The maximum atomic E-state index is 5.77. The number of fused-ring (bicyclic) bond motifs is 1. The lowest BCUT2D eigenvalue weighted by Crippen LogP contribution is -2.10. The first kappa shape index (κ1) is 13.2. The molecule has 0 amide bonds. The third kappa shape index (κ3) is 3.22. The van der Waals surface area contributed by atoms with Gasteiger partial charge >= 0.3 is 0 Å². The molecule has 0 aliphatic heterocycles. The fourth-order valence-electron chi connectivity index (χ4n) is 2.06. The van der Waals surface area contributed by atoms with Gasteiger partial charge in [0, 0.05) is 18.9 Å². The molecule has 3 aromatic rings. The predicted octanol–water partition coefficient (Wildman–Crippen LogP) is 2.19. The Hall–Kier alpha value is -2.76. The van der Waals surface area contributed by atoms with E-state index in [1.807, 2.05) is 40.9 Å². The van der Waals surface area contributed by atoms with Gasteiger partial charge in [-0.3, -0.25) is 0 Å². The number of rotatable bonds is 6. The highest BCUT2D eigenvalue weighted by atomic mass is 16.5. The van der Waals surface area contributed by atoms with Gasteiger partial charge in [-0.25, -0.2) is 9.97 Å². The number of aromatic nitrogens is 3. The van der Waals surface area contributed by atoms with Crippen molar-refractivity contribution in [1.29, 1.82) is 0 Å². The molecule has 108 valence electrons. The van der Waals surface area contributed by atoms with E-state index in [1.165, 1.54) is 0 Å². The lowest BCUT2D eigenvalue weighted by Gasteiger charge is -2.09. The van der Waals surface area contributed by atoms with Crippen LogP contribution in [-0.2, 0) is 0 Å². The number of anilines is 2. The van der Waals surface area contributed by atoms with E-state index in [2.05, 4.69) is 15.3 Å². The van der Waals surface area contributed by atoms with Crippen LogP contribution in [0.2, 0.25) is 0 Å². The van der Waals surface area contributed by atoms with E-state index in [1.54, 1.807) is 12.4 Å². The van der Waals surface area contributed by atoms with Crippen LogP contribution in [0, 0.1) is 0 Å². The van der Waals surface area contributed by atoms with Crippen molar-refractivity contribution in [2.75, 3.05) is 24.2 Å². The number of hydrogen-bond acceptors (Lipinski definition) is 5. The van der Waals surface area contributed by atoms with Crippen molar-refractivity contribution >= 4 is 17.3 Å². The fraction of sp³-hybridized carbons (Fsp3) is 0.200. The van der Waals surface area contributed by atoms with Gasteiger partial charge in [0.15, 0.2) is 11.5 Å². The normalized spacial score (nSPS) is 10.7. The average molecular weight is 283 g/mol. The Bertz CT molecular complexity index is 710. The topological polar surface area (TPSA) is 77.5 Å². The Morgan fingerprint density at radius 1 is 1.24 bits per heavy atom. The molecule has 0 atom stereocenters. The molecule has 0 radical (unpaired) electrons. The number of nitrogen functional groups attached to an aromatic ring is 1. The van der Waals surface area contributed by atoms with Crippen LogP contribution < -0.4 is 15.8 Å². The second-order valence-corrected chi connectivity index (χ2v) is 4.61. The Morgan fingerprint density at radius 2 is 2.10 bits per heavy atom. The summed E-state index contributed by atoms with van der Waals surface area (Å²) in [6.07, 6.45) is 6.17. The molecule has 21 heavy (non-hydrogen) atoms. The number of benzene rings is 1. The van der Waals surface area contributed by atoms with Gasteiger partial charge in [0.1, 0.15) is 11.6 Å². The van der Waals surface area contributed by atoms with E-state index < -0.39 is 0 Å². The molecule has 0 saturated carbocycles. The van der Waals surface area contributed by atoms with Crippen molar-refractivity contribution in [3.05, 3.63) is 48.9 Å². The maximum Gasteiger partial charge on any atom is 0.180 e. The van der Waals surface area contributed by atoms with E-state index in [0.29, 0.717) is 18.2 Å². The molecule has 0 aliphatic carbocycles. The molecule has 0 spiro atoms. The van der Waals surface area contributed by atoms with Crippen LogP contribution in [0.3, 0.4) is 0 Å². The highest BCUT2D eigenvalue weighted by Gasteiger charge is 2.05. The number of ether oxygens (including phenoxy) is 1. The van der Waals surface area contributed by atoms with E-state index in [-0.39, 0.29) is 0 Å². The summed E-state index contributed by atoms with van der Waals surface area (Å²) in [7, 11) is 0. The largest absolute Gasteiger partial charge is 0.494 e. The molecule has 2 aromatic heterocycles. The van der Waals surface area contributed by atoms with Gasteiger partial charge in [0.25, 0.3) is 0 Å². The molecule has 0 fully saturated rings. The van der Waals surface area contributed by atoms with E-state index in [0.717, 1.165) is 24.4 Å². The summed E-state index contributed by atoms with van der Waals surface area (Å²) in [6, 6.07) is 9.77. The van der Waals surface area contributed by atoms with Crippen LogP contribution in [0.4, 0.5) is 11.6 Å². The van der Waals surface area contributed by atoms with Crippen molar-refractivity contribution in [3.63, 3.8) is 0 Å². The monoisotopic (exact) mass is 283 g/mol. The van der Waals surface area contributed by atoms with Crippen molar-refractivity contribution < 1.29 is 4.74 Å². The first-order valence-corrected chi connectivity index (χ1v) is 6.84. The van der Waals surface area contributed by atoms with Crippen molar-refractivity contribution in [3.8, 4) is 5.75 Å². The van der Waals surface area contributed by atoms with Gasteiger partial charge in [0.2, 0.25) is 0 Å². The predicted molar refractivity (Wildman–Crippen MR) is 82.4 cm³/mol. The molecular formula is C15H17N5O. The minimum Gasteiger partial charge on any atom is -0.494 e. The molecule has 0 saturated heterocycles. The minimum atomic E-state index is 0.462. The standard InChI is InChI=1S/C15H17N5O/c16-13-11-20-9-8-18-15(20)14(19-13)17-7-4-10-21-12-5-2-1-3-6-12/h1-3,5-6,8-9,11H,4,7,10,16H2,(H,17,19). The van der Waals surface area contributed by atoms with Crippen molar-refractivity contribution in [2.24, 2.45) is 0 Å². The molecule has 2 heterocycles.